The van der Waals surface area contributed by atoms with Gasteiger partial charge in [-0.2, -0.15) is 0 Å². The second-order valence-electron chi connectivity index (χ2n) is 5.03. The lowest BCUT2D eigenvalue weighted by Gasteiger charge is -2.12. The minimum absolute atomic E-state index is 0.159. The Bertz CT molecular complexity index is 503. The van der Waals surface area contributed by atoms with Crippen LogP contribution in [0.2, 0.25) is 0 Å². The van der Waals surface area contributed by atoms with Crippen LogP contribution >= 0.6 is 0 Å². The Balaban J connectivity index is 1.98. The molecule has 1 aromatic rings. The summed E-state index contributed by atoms with van der Waals surface area (Å²) in [6.07, 6.45) is 5.72. The largest absolute Gasteiger partial charge is 0.369 e. The highest BCUT2D eigenvalue weighted by atomic mass is 16.2. The molecule has 0 aromatic carbocycles. The van der Waals surface area contributed by atoms with E-state index in [2.05, 4.69) is 27.5 Å². The molecule has 7 heteroatoms. The first kappa shape index (κ1) is 15.2. The van der Waals surface area contributed by atoms with Crippen LogP contribution in [0.5, 0.6) is 0 Å². The van der Waals surface area contributed by atoms with Gasteiger partial charge in [0.2, 0.25) is 0 Å². The predicted molar refractivity (Wildman–Crippen MR) is 78.6 cm³/mol. The van der Waals surface area contributed by atoms with Crippen LogP contribution < -0.4 is 10.6 Å². The average Bonchev–Trinajstić information content (AvgIpc) is 2.75. The first-order chi connectivity index (χ1) is 10.2. The summed E-state index contributed by atoms with van der Waals surface area (Å²) in [5, 5.41) is 5.81. The molecular weight excluding hydrogens is 270 g/mol. The van der Waals surface area contributed by atoms with Gasteiger partial charge in [0, 0.05) is 6.54 Å². The van der Waals surface area contributed by atoms with Crippen molar-refractivity contribution in [1.29, 1.82) is 0 Å². The normalized spacial score (nSPS) is 18.0. The van der Waals surface area contributed by atoms with Crippen molar-refractivity contribution in [2.75, 3.05) is 11.9 Å². The van der Waals surface area contributed by atoms with Gasteiger partial charge in [0.05, 0.1) is 24.6 Å². The van der Waals surface area contributed by atoms with Crippen molar-refractivity contribution >= 4 is 17.8 Å². The maximum atomic E-state index is 12.1. The van der Waals surface area contributed by atoms with Crippen molar-refractivity contribution < 1.29 is 9.59 Å². The van der Waals surface area contributed by atoms with Crippen molar-refractivity contribution in [2.24, 2.45) is 0 Å². The van der Waals surface area contributed by atoms with Gasteiger partial charge in [0.15, 0.2) is 0 Å². The van der Waals surface area contributed by atoms with Gasteiger partial charge in [-0.3, -0.25) is 14.7 Å². The summed E-state index contributed by atoms with van der Waals surface area (Å²) in [5.41, 5.74) is 0.595. The number of anilines is 1. The van der Waals surface area contributed by atoms with E-state index in [9.17, 15) is 9.59 Å². The van der Waals surface area contributed by atoms with Crippen molar-refractivity contribution in [3.63, 3.8) is 0 Å². The molecule has 0 spiro atoms. The highest BCUT2D eigenvalue weighted by molar-refractivity contribution is 6.04. The van der Waals surface area contributed by atoms with E-state index in [4.69, 9.17) is 0 Å². The van der Waals surface area contributed by atoms with Gasteiger partial charge in [-0.05, 0) is 12.8 Å². The number of urea groups is 1. The number of hydrogen-bond donors (Lipinski definition) is 2. The Morgan fingerprint density at radius 3 is 2.67 bits per heavy atom. The number of nitrogens with zero attached hydrogens (tertiary/aromatic N) is 3. The maximum Gasteiger partial charge on any atom is 0.325 e. The molecule has 3 amide bonds. The Hall–Kier alpha value is -2.18. The van der Waals surface area contributed by atoms with Crippen molar-refractivity contribution in [3.8, 4) is 0 Å². The first-order valence-corrected chi connectivity index (χ1v) is 7.32. The smallest absolute Gasteiger partial charge is 0.325 e. The lowest BCUT2D eigenvalue weighted by molar-refractivity contribution is -0.128. The quantitative estimate of drug-likeness (QED) is 0.744. The zero-order valence-electron chi connectivity index (χ0n) is 12.4. The molecule has 0 saturated carbocycles. The number of carbonyl (C=O) groups excluding carboxylic acids is 2. The fourth-order valence-electron chi connectivity index (χ4n) is 2.15. The van der Waals surface area contributed by atoms with Crippen LogP contribution in [0.4, 0.5) is 10.6 Å². The molecule has 0 aliphatic carbocycles. The summed E-state index contributed by atoms with van der Waals surface area (Å²) in [6, 6.07) is -0.755. The molecule has 1 unspecified atom stereocenters. The lowest BCUT2D eigenvalue weighted by Crippen LogP contribution is -2.31. The summed E-state index contributed by atoms with van der Waals surface area (Å²) < 4.78 is 0. The Morgan fingerprint density at radius 1 is 1.24 bits per heavy atom. The van der Waals surface area contributed by atoms with Gasteiger partial charge in [0.1, 0.15) is 11.9 Å². The van der Waals surface area contributed by atoms with Gasteiger partial charge >= 0.3 is 6.03 Å². The first-order valence-electron chi connectivity index (χ1n) is 7.32. The molecule has 1 aliphatic rings. The zero-order valence-corrected chi connectivity index (χ0v) is 12.4. The molecule has 2 N–H and O–H groups in total. The minimum Gasteiger partial charge on any atom is -0.369 e. The highest BCUT2D eigenvalue weighted by Crippen LogP contribution is 2.14. The van der Waals surface area contributed by atoms with Crippen LogP contribution in [0.25, 0.3) is 0 Å². The second-order valence-corrected chi connectivity index (χ2v) is 5.03. The monoisotopic (exact) mass is 291 g/mol. The Labute approximate surface area is 124 Å². The van der Waals surface area contributed by atoms with E-state index in [0.717, 1.165) is 19.4 Å². The van der Waals surface area contributed by atoms with E-state index < -0.39 is 6.04 Å². The number of hydrogen-bond acceptors (Lipinski definition) is 5. The maximum absolute atomic E-state index is 12.1. The van der Waals surface area contributed by atoms with E-state index in [1.54, 1.807) is 12.4 Å². The summed E-state index contributed by atoms with van der Waals surface area (Å²) >= 11 is 0. The van der Waals surface area contributed by atoms with Crippen molar-refractivity contribution in [1.82, 2.24) is 20.2 Å². The van der Waals surface area contributed by atoms with Gasteiger partial charge in [-0.25, -0.2) is 9.78 Å². The van der Waals surface area contributed by atoms with E-state index >= 15 is 0 Å². The molecule has 1 fully saturated rings. The van der Waals surface area contributed by atoms with E-state index in [-0.39, 0.29) is 18.5 Å². The lowest BCUT2D eigenvalue weighted by atomic mass is 10.2. The molecule has 1 atom stereocenters. The summed E-state index contributed by atoms with van der Waals surface area (Å²) in [6.45, 7) is 5.04. The number of imide groups is 1. The summed E-state index contributed by atoms with van der Waals surface area (Å²) in [4.78, 5) is 33.6. The van der Waals surface area contributed by atoms with Crippen LogP contribution in [0.1, 0.15) is 38.8 Å². The topological polar surface area (TPSA) is 87.2 Å². The third-order valence-corrected chi connectivity index (χ3v) is 3.27. The number of amides is 3. The third-order valence-electron chi connectivity index (χ3n) is 3.27. The molecule has 1 aliphatic heterocycles. The van der Waals surface area contributed by atoms with E-state index in [1.165, 1.54) is 4.90 Å². The Kier molecular flexibility index (Phi) is 5.08. The number of rotatable bonds is 7. The summed E-state index contributed by atoms with van der Waals surface area (Å²) in [7, 11) is 0. The minimum atomic E-state index is -0.402. The molecule has 0 bridgehead atoms. The highest BCUT2D eigenvalue weighted by Gasteiger charge is 2.37. The van der Waals surface area contributed by atoms with Crippen LogP contribution in [-0.2, 0) is 11.3 Å². The predicted octanol–water partition coefficient (Wildman–Crippen LogP) is 1.52. The molecule has 2 rings (SSSR count). The number of carbonyl (C=O) groups is 2. The zero-order chi connectivity index (χ0) is 15.2. The molecule has 2 heterocycles. The molecule has 1 saturated heterocycles. The molecule has 7 nitrogen and oxygen atoms in total. The molecule has 114 valence electrons. The number of nitrogens with one attached hydrogen (secondary N) is 2. The van der Waals surface area contributed by atoms with E-state index in [0.29, 0.717) is 17.9 Å². The fourth-order valence-corrected chi connectivity index (χ4v) is 2.15. The summed E-state index contributed by atoms with van der Waals surface area (Å²) in [5.74, 6) is 0.512. The molecule has 1 aromatic heterocycles. The van der Waals surface area contributed by atoms with Crippen molar-refractivity contribution in [2.45, 2.75) is 45.7 Å². The third kappa shape index (κ3) is 3.68. The molecule has 0 radical (unpaired) electrons. The Morgan fingerprint density at radius 2 is 2.05 bits per heavy atom. The van der Waals surface area contributed by atoms with Crippen LogP contribution in [0.15, 0.2) is 12.4 Å². The SMILES string of the molecule is CCCNc1cnc(CN2C(=O)NC(CCC)C2=O)cn1. The van der Waals surface area contributed by atoms with E-state index in [1.807, 2.05) is 6.92 Å². The molecule has 21 heavy (non-hydrogen) atoms. The van der Waals surface area contributed by atoms with Crippen LogP contribution in [0.3, 0.4) is 0 Å². The van der Waals surface area contributed by atoms with Crippen LogP contribution in [-0.4, -0.2) is 39.4 Å². The van der Waals surface area contributed by atoms with Gasteiger partial charge < -0.3 is 10.6 Å². The van der Waals surface area contributed by atoms with Gasteiger partial charge in [0.25, 0.3) is 5.91 Å². The van der Waals surface area contributed by atoms with Gasteiger partial charge in [-0.15, -0.1) is 0 Å². The second kappa shape index (κ2) is 7.01. The standard InChI is InChI=1S/C14H21N5O2/c1-3-5-11-13(20)19(14(21)18-11)9-10-7-17-12(8-16-10)15-6-4-2/h7-8,11H,3-6,9H2,1-2H3,(H,15,17)(H,18,21). The average molecular weight is 291 g/mol. The van der Waals surface area contributed by atoms with Crippen molar-refractivity contribution in [3.05, 3.63) is 18.1 Å². The fraction of sp³-hybridized carbons (Fsp3) is 0.571. The van der Waals surface area contributed by atoms with Gasteiger partial charge in [-0.1, -0.05) is 20.3 Å². The van der Waals surface area contributed by atoms with Crippen LogP contribution in [0, 0.1) is 0 Å². The molecular formula is C14H21N5O2. The number of aromatic nitrogens is 2.